The Morgan fingerprint density at radius 3 is 3.09 bits per heavy atom. The van der Waals surface area contributed by atoms with Crippen molar-refractivity contribution in [1.82, 2.24) is 14.6 Å². The molecule has 56 valence electrons. The average Bonchev–Trinajstić information content (AvgIpc) is 2.32. The largest absolute Gasteiger partial charge is 0.286 e. The number of pyridine rings is 1. The predicted octanol–water partition coefficient (Wildman–Crippen LogP) is 1.18. The van der Waals surface area contributed by atoms with Crippen LogP contribution in [0.25, 0.3) is 5.65 Å². The van der Waals surface area contributed by atoms with Gasteiger partial charge >= 0.3 is 0 Å². The highest BCUT2D eigenvalue weighted by molar-refractivity contribution is 5.37. The first-order valence-electron chi connectivity index (χ1n) is 3.24. The molecular weight excluding hydrogens is 145 g/mol. The lowest BCUT2D eigenvalue weighted by molar-refractivity contribution is 0.626. The zero-order valence-electron chi connectivity index (χ0n) is 5.95. The topological polar surface area (TPSA) is 30.2 Å². The molecule has 0 bridgehead atoms. The van der Waals surface area contributed by atoms with Crippen LogP contribution < -0.4 is 0 Å². The van der Waals surface area contributed by atoms with E-state index in [1.54, 1.807) is 10.6 Å². The van der Waals surface area contributed by atoms with Crippen molar-refractivity contribution in [2.45, 2.75) is 6.92 Å². The molecule has 0 N–H and O–H groups in total. The van der Waals surface area contributed by atoms with Crippen LogP contribution in [0.15, 0.2) is 18.3 Å². The van der Waals surface area contributed by atoms with Crippen LogP contribution in [0, 0.1) is 12.7 Å². The van der Waals surface area contributed by atoms with Crippen molar-refractivity contribution in [1.29, 1.82) is 0 Å². The average molecular weight is 151 g/mol. The van der Waals surface area contributed by atoms with E-state index < -0.39 is 0 Å². The van der Waals surface area contributed by atoms with Crippen LogP contribution >= 0.6 is 0 Å². The van der Waals surface area contributed by atoms with Gasteiger partial charge in [-0.2, -0.15) is 0 Å². The fraction of sp³-hybridized carbons (Fsp3) is 0.143. The van der Waals surface area contributed by atoms with Crippen molar-refractivity contribution < 1.29 is 4.39 Å². The Kier molecular flexibility index (Phi) is 1.15. The van der Waals surface area contributed by atoms with Crippen molar-refractivity contribution in [2.24, 2.45) is 0 Å². The molecule has 2 heterocycles. The highest BCUT2D eigenvalue weighted by Crippen LogP contribution is 2.04. The van der Waals surface area contributed by atoms with Gasteiger partial charge in [0.1, 0.15) is 11.6 Å². The molecule has 0 saturated carbocycles. The van der Waals surface area contributed by atoms with Crippen LogP contribution in [0.2, 0.25) is 0 Å². The van der Waals surface area contributed by atoms with Crippen LogP contribution in [0.1, 0.15) is 5.82 Å². The molecule has 3 nitrogen and oxygen atoms in total. The molecular formula is C7H6FN3. The summed E-state index contributed by atoms with van der Waals surface area (Å²) in [7, 11) is 0. The number of hydrogen-bond acceptors (Lipinski definition) is 2. The van der Waals surface area contributed by atoms with Gasteiger partial charge in [0.05, 0.1) is 0 Å². The fourth-order valence-electron chi connectivity index (χ4n) is 0.986. The smallest absolute Gasteiger partial charge is 0.163 e. The van der Waals surface area contributed by atoms with Gasteiger partial charge in [-0.25, -0.2) is 4.39 Å². The lowest BCUT2D eigenvalue weighted by atomic mass is 10.4. The van der Waals surface area contributed by atoms with E-state index in [-0.39, 0.29) is 5.82 Å². The molecule has 0 spiro atoms. The second kappa shape index (κ2) is 2.02. The zero-order valence-corrected chi connectivity index (χ0v) is 5.95. The Hall–Kier alpha value is -1.45. The molecule has 0 aliphatic rings. The summed E-state index contributed by atoms with van der Waals surface area (Å²) < 4.78 is 14.3. The standard InChI is InChI=1S/C7H6FN3/c1-5-9-10-7-4-6(8)2-3-11(5)7/h2-4H,1H3. The molecule has 0 aliphatic carbocycles. The Morgan fingerprint density at radius 1 is 1.45 bits per heavy atom. The molecule has 0 radical (unpaired) electrons. The summed E-state index contributed by atoms with van der Waals surface area (Å²) in [5.41, 5.74) is 0.544. The maximum absolute atomic E-state index is 12.6. The highest BCUT2D eigenvalue weighted by Gasteiger charge is 1.99. The van der Waals surface area contributed by atoms with Gasteiger partial charge in [-0.1, -0.05) is 0 Å². The summed E-state index contributed by atoms with van der Waals surface area (Å²) in [6, 6.07) is 2.73. The highest BCUT2D eigenvalue weighted by atomic mass is 19.1. The Morgan fingerprint density at radius 2 is 2.27 bits per heavy atom. The maximum atomic E-state index is 12.6. The summed E-state index contributed by atoms with van der Waals surface area (Å²) in [6.45, 7) is 1.82. The Balaban J connectivity index is 2.86. The molecule has 2 aromatic heterocycles. The van der Waals surface area contributed by atoms with Crippen molar-refractivity contribution in [3.05, 3.63) is 30.0 Å². The maximum Gasteiger partial charge on any atom is 0.163 e. The van der Waals surface area contributed by atoms with E-state index in [1.165, 1.54) is 12.1 Å². The van der Waals surface area contributed by atoms with E-state index in [0.717, 1.165) is 5.82 Å². The van der Waals surface area contributed by atoms with Crippen LogP contribution in [-0.4, -0.2) is 14.6 Å². The Bertz CT molecular complexity index is 393. The molecule has 0 unspecified atom stereocenters. The van der Waals surface area contributed by atoms with E-state index >= 15 is 0 Å². The minimum absolute atomic E-state index is 0.287. The van der Waals surface area contributed by atoms with E-state index in [2.05, 4.69) is 10.2 Å². The minimum atomic E-state index is -0.287. The van der Waals surface area contributed by atoms with E-state index in [1.807, 2.05) is 6.92 Å². The van der Waals surface area contributed by atoms with E-state index in [0.29, 0.717) is 5.65 Å². The first-order chi connectivity index (χ1) is 5.27. The van der Waals surface area contributed by atoms with Gasteiger partial charge in [-0.05, 0) is 13.0 Å². The molecule has 0 fully saturated rings. The lowest BCUT2D eigenvalue weighted by Gasteiger charge is -1.91. The first-order valence-corrected chi connectivity index (χ1v) is 3.24. The lowest BCUT2D eigenvalue weighted by Crippen LogP contribution is -1.87. The number of aromatic nitrogens is 3. The normalized spacial score (nSPS) is 10.7. The summed E-state index contributed by atoms with van der Waals surface area (Å²) >= 11 is 0. The van der Waals surface area contributed by atoms with Gasteiger partial charge in [-0.3, -0.25) is 4.40 Å². The monoisotopic (exact) mass is 151 g/mol. The molecule has 0 aliphatic heterocycles. The first kappa shape index (κ1) is 6.27. The number of rotatable bonds is 0. The predicted molar refractivity (Wildman–Crippen MR) is 37.7 cm³/mol. The molecule has 0 aromatic carbocycles. The van der Waals surface area contributed by atoms with Gasteiger partial charge in [-0.15, -0.1) is 10.2 Å². The number of fused-ring (bicyclic) bond motifs is 1. The van der Waals surface area contributed by atoms with Crippen LogP contribution in [0.4, 0.5) is 4.39 Å². The van der Waals surface area contributed by atoms with Crippen LogP contribution in [0.3, 0.4) is 0 Å². The minimum Gasteiger partial charge on any atom is -0.286 e. The van der Waals surface area contributed by atoms with Crippen LogP contribution in [-0.2, 0) is 0 Å². The SMILES string of the molecule is Cc1nnc2cc(F)ccn12. The van der Waals surface area contributed by atoms with E-state index in [9.17, 15) is 4.39 Å². The Labute approximate surface area is 62.5 Å². The molecule has 2 rings (SSSR count). The number of aryl methyl sites for hydroxylation is 1. The van der Waals surface area contributed by atoms with Crippen molar-refractivity contribution in [2.75, 3.05) is 0 Å². The third kappa shape index (κ3) is 0.869. The molecule has 0 atom stereocenters. The third-order valence-electron chi connectivity index (χ3n) is 1.54. The second-order valence-electron chi connectivity index (χ2n) is 2.32. The molecule has 0 saturated heterocycles. The molecule has 2 aromatic rings. The third-order valence-corrected chi connectivity index (χ3v) is 1.54. The van der Waals surface area contributed by atoms with Crippen molar-refractivity contribution in [3.63, 3.8) is 0 Å². The summed E-state index contributed by atoms with van der Waals surface area (Å²) in [5.74, 6) is 0.477. The fourth-order valence-corrected chi connectivity index (χ4v) is 0.986. The summed E-state index contributed by atoms with van der Waals surface area (Å²) in [4.78, 5) is 0. The summed E-state index contributed by atoms with van der Waals surface area (Å²) in [6.07, 6.45) is 1.61. The van der Waals surface area contributed by atoms with Crippen molar-refractivity contribution >= 4 is 5.65 Å². The van der Waals surface area contributed by atoms with Gasteiger partial charge < -0.3 is 0 Å². The quantitative estimate of drug-likeness (QED) is 0.565. The van der Waals surface area contributed by atoms with Gasteiger partial charge in [0.25, 0.3) is 0 Å². The zero-order chi connectivity index (χ0) is 7.84. The van der Waals surface area contributed by atoms with E-state index in [4.69, 9.17) is 0 Å². The van der Waals surface area contributed by atoms with Gasteiger partial charge in [0, 0.05) is 12.3 Å². The molecule has 4 heteroatoms. The summed E-state index contributed by atoms with van der Waals surface area (Å²) in [5, 5.41) is 7.54. The number of halogens is 1. The van der Waals surface area contributed by atoms with Crippen LogP contribution in [0.5, 0.6) is 0 Å². The van der Waals surface area contributed by atoms with Gasteiger partial charge in [0.15, 0.2) is 5.65 Å². The van der Waals surface area contributed by atoms with Gasteiger partial charge in [0.2, 0.25) is 0 Å². The molecule has 0 amide bonds. The van der Waals surface area contributed by atoms with Crippen molar-refractivity contribution in [3.8, 4) is 0 Å². The molecule has 11 heavy (non-hydrogen) atoms. The number of hydrogen-bond donors (Lipinski definition) is 0. The number of nitrogens with zero attached hydrogens (tertiary/aromatic N) is 3. The second-order valence-corrected chi connectivity index (χ2v) is 2.32.